The van der Waals surface area contributed by atoms with Gasteiger partial charge >= 0.3 is 11.9 Å². The summed E-state index contributed by atoms with van der Waals surface area (Å²) in [5.74, 6) is 0. The van der Waals surface area contributed by atoms with Crippen molar-refractivity contribution in [2.45, 2.75) is 6.18 Å². The lowest BCUT2D eigenvalue weighted by atomic mass is 10.3. The molecular weight excluding hydrogens is 221 g/mol. The van der Waals surface area contributed by atoms with Crippen LogP contribution in [-0.4, -0.2) is 9.91 Å². The van der Waals surface area contributed by atoms with Crippen LogP contribution in [0, 0.1) is 14.8 Å². The number of nitrogens with one attached hydrogen (secondary N) is 1. The van der Waals surface area contributed by atoms with Gasteiger partial charge in [-0.15, -0.1) is 0 Å². The first-order valence-electron chi connectivity index (χ1n) is 3.27. The molecule has 0 atom stereocenters. The summed E-state index contributed by atoms with van der Waals surface area (Å²) in [5.41, 5.74) is -1.65. The van der Waals surface area contributed by atoms with E-state index < -0.39 is 27.1 Å². The van der Waals surface area contributed by atoms with Crippen molar-refractivity contribution in [2.75, 3.05) is 0 Å². The summed E-state index contributed by atoms with van der Waals surface area (Å²) >= 11 is 4.39. The number of aromatic amines is 1. The van der Waals surface area contributed by atoms with Gasteiger partial charge in [0.05, 0.1) is 4.92 Å². The van der Waals surface area contributed by atoms with Gasteiger partial charge in [-0.2, -0.15) is 13.2 Å². The molecule has 0 radical (unpaired) electrons. The quantitative estimate of drug-likeness (QED) is 0.453. The molecule has 0 aliphatic heterocycles. The first-order chi connectivity index (χ1) is 6.32. The molecule has 1 heterocycles. The van der Waals surface area contributed by atoms with Crippen LogP contribution in [0.1, 0.15) is 5.69 Å². The van der Waals surface area contributed by atoms with Gasteiger partial charge in [0.1, 0.15) is 5.69 Å². The number of H-pyrrole nitrogens is 1. The third-order valence-electron chi connectivity index (χ3n) is 1.39. The maximum absolute atomic E-state index is 12.1. The fourth-order valence-corrected chi connectivity index (χ4v) is 1.03. The second-order valence-electron chi connectivity index (χ2n) is 2.34. The van der Waals surface area contributed by atoms with Crippen LogP contribution in [0.5, 0.6) is 0 Å². The molecule has 1 rings (SSSR count). The van der Waals surface area contributed by atoms with Crippen molar-refractivity contribution >= 4 is 17.9 Å². The summed E-state index contributed by atoms with van der Waals surface area (Å²) in [7, 11) is 0. The zero-order valence-electron chi connectivity index (χ0n) is 6.46. The molecule has 0 aliphatic carbocycles. The molecule has 0 saturated heterocycles. The normalized spacial score (nSPS) is 11.4. The highest BCUT2D eigenvalue weighted by Gasteiger charge is 2.32. The van der Waals surface area contributed by atoms with Crippen LogP contribution < -0.4 is 0 Å². The molecule has 0 bridgehead atoms. The van der Waals surface area contributed by atoms with Gasteiger partial charge < -0.3 is 4.98 Å². The molecule has 1 aromatic heterocycles. The largest absolute Gasteiger partial charge is 0.431 e. The van der Waals surface area contributed by atoms with Gasteiger partial charge in [0.15, 0.2) is 4.64 Å². The first-order valence-corrected chi connectivity index (χ1v) is 3.68. The molecule has 0 aromatic carbocycles. The number of halogens is 3. The third kappa shape index (κ3) is 2.08. The Morgan fingerprint density at radius 1 is 1.43 bits per heavy atom. The van der Waals surface area contributed by atoms with Crippen molar-refractivity contribution < 1.29 is 18.1 Å². The number of aromatic nitrogens is 1. The van der Waals surface area contributed by atoms with E-state index in [0.29, 0.717) is 6.07 Å². The molecule has 1 N–H and O–H groups in total. The zero-order valence-corrected chi connectivity index (χ0v) is 7.28. The van der Waals surface area contributed by atoms with Crippen LogP contribution in [0.2, 0.25) is 0 Å². The van der Waals surface area contributed by atoms with Gasteiger partial charge in [0, 0.05) is 6.07 Å². The van der Waals surface area contributed by atoms with Gasteiger partial charge in [0.25, 0.3) is 0 Å². The van der Waals surface area contributed by atoms with Crippen LogP contribution in [-0.2, 0) is 6.18 Å². The summed E-state index contributed by atoms with van der Waals surface area (Å²) in [5, 5.41) is 10.2. The number of alkyl halides is 3. The maximum Gasteiger partial charge on any atom is 0.431 e. The van der Waals surface area contributed by atoms with E-state index in [9.17, 15) is 23.3 Å². The Balaban J connectivity index is 3.27. The molecule has 0 spiro atoms. The highest BCUT2D eigenvalue weighted by Crippen LogP contribution is 2.28. The predicted molar refractivity (Wildman–Crippen MR) is 43.3 cm³/mol. The molecule has 76 valence electrons. The number of nitro groups is 1. The minimum Gasteiger partial charge on any atom is -0.337 e. The van der Waals surface area contributed by atoms with Crippen LogP contribution in [0.25, 0.3) is 0 Å². The van der Waals surface area contributed by atoms with Crippen LogP contribution >= 0.6 is 12.2 Å². The summed E-state index contributed by atoms with van der Waals surface area (Å²) < 4.78 is 35.6. The Hall–Kier alpha value is -1.44. The molecule has 4 nitrogen and oxygen atoms in total. The van der Waals surface area contributed by atoms with E-state index >= 15 is 0 Å². The van der Waals surface area contributed by atoms with Gasteiger partial charge in [-0.1, -0.05) is 12.2 Å². The molecule has 1 aromatic rings. The van der Waals surface area contributed by atoms with Crippen LogP contribution in [0.15, 0.2) is 12.1 Å². The second-order valence-corrected chi connectivity index (χ2v) is 2.75. The van der Waals surface area contributed by atoms with Crippen molar-refractivity contribution in [1.82, 2.24) is 4.98 Å². The third-order valence-corrected chi connectivity index (χ3v) is 1.70. The highest BCUT2D eigenvalue weighted by molar-refractivity contribution is 7.71. The van der Waals surface area contributed by atoms with E-state index in [4.69, 9.17) is 0 Å². The Morgan fingerprint density at radius 2 is 2.00 bits per heavy atom. The van der Waals surface area contributed by atoms with E-state index in [1.165, 1.54) is 0 Å². The smallest absolute Gasteiger partial charge is 0.337 e. The molecule has 0 unspecified atom stereocenters. The van der Waals surface area contributed by atoms with Crippen molar-refractivity contribution in [3.05, 3.63) is 32.6 Å². The average Bonchev–Trinajstić information content (AvgIpc) is 2.01. The minimum atomic E-state index is -4.58. The van der Waals surface area contributed by atoms with E-state index in [0.717, 1.165) is 6.07 Å². The number of hydrogen-bond donors (Lipinski definition) is 1. The van der Waals surface area contributed by atoms with E-state index in [1.54, 1.807) is 4.98 Å². The Bertz CT molecular complexity index is 426. The first kappa shape index (κ1) is 10.6. The van der Waals surface area contributed by atoms with E-state index in [2.05, 4.69) is 12.2 Å². The van der Waals surface area contributed by atoms with Crippen molar-refractivity contribution in [3.63, 3.8) is 0 Å². The number of rotatable bonds is 1. The lowest BCUT2D eigenvalue weighted by Gasteiger charge is -2.05. The fraction of sp³-hybridized carbons (Fsp3) is 0.167. The SMILES string of the molecule is O=[N+]([O-])c1ccc(C(F)(F)F)[nH]c1=S. The second kappa shape index (κ2) is 3.37. The summed E-state index contributed by atoms with van der Waals surface area (Å²) in [4.78, 5) is 11.1. The average molecular weight is 224 g/mol. The topological polar surface area (TPSA) is 58.9 Å². The molecule has 0 amide bonds. The predicted octanol–water partition coefficient (Wildman–Crippen LogP) is 2.67. The number of nitrogens with zero attached hydrogens (tertiary/aromatic N) is 1. The summed E-state index contributed by atoms with van der Waals surface area (Å²) in [6.45, 7) is 0. The van der Waals surface area contributed by atoms with Gasteiger partial charge in [-0.25, -0.2) is 0 Å². The van der Waals surface area contributed by atoms with Gasteiger partial charge in [-0.3, -0.25) is 10.1 Å². The van der Waals surface area contributed by atoms with Crippen molar-refractivity contribution in [2.24, 2.45) is 0 Å². The lowest BCUT2D eigenvalue weighted by molar-refractivity contribution is -0.385. The molecule has 0 saturated carbocycles. The number of pyridine rings is 1. The molecular formula is C6H3F3N2O2S. The molecule has 0 fully saturated rings. The monoisotopic (exact) mass is 224 g/mol. The minimum absolute atomic E-state index is 0.537. The van der Waals surface area contributed by atoms with Crippen molar-refractivity contribution in [1.29, 1.82) is 0 Å². The molecule has 8 heteroatoms. The maximum atomic E-state index is 12.1. The Labute approximate surface area is 80.5 Å². The van der Waals surface area contributed by atoms with Gasteiger partial charge in [-0.05, 0) is 6.07 Å². The Kier molecular flexibility index (Phi) is 2.56. The van der Waals surface area contributed by atoms with Gasteiger partial charge in [0.2, 0.25) is 0 Å². The Morgan fingerprint density at radius 3 is 2.36 bits per heavy atom. The van der Waals surface area contributed by atoms with Crippen LogP contribution in [0.3, 0.4) is 0 Å². The summed E-state index contributed by atoms with van der Waals surface area (Å²) in [6, 6.07) is 1.30. The van der Waals surface area contributed by atoms with E-state index in [-0.39, 0.29) is 0 Å². The van der Waals surface area contributed by atoms with Crippen LogP contribution in [0.4, 0.5) is 18.9 Å². The lowest BCUT2D eigenvalue weighted by Crippen LogP contribution is -2.08. The summed E-state index contributed by atoms with van der Waals surface area (Å²) in [6.07, 6.45) is -4.58. The standard InChI is InChI=1S/C6H3F3N2O2S/c7-6(8,9)4-2-1-3(11(12)13)5(14)10-4/h1-2H,(H,10,14). The molecule has 0 aliphatic rings. The number of hydrogen-bond acceptors (Lipinski definition) is 3. The molecule has 14 heavy (non-hydrogen) atoms. The highest BCUT2D eigenvalue weighted by atomic mass is 32.1. The fourth-order valence-electron chi connectivity index (χ4n) is 0.775. The van der Waals surface area contributed by atoms with Crippen molar-refractivity contribution in [3.8, 4) is 0 Å². The zero-order chi connectivity index (χ0) is 10.9. The van der Waals surface area contributed by atoms with E-state index in [1.807, 2.05) is 0 Å².